The number of esters is 1. The largest absolute Gasteiger partial charge is 0.493 e. The Bertz CT molecular complexity index is 2100. The maximum atomic E-state index is 11.9. The summed E-state index contributed by atoms with van der Waals surface area (Å²) in [4.78, 5) is 37.8. The lowest BCUT2D eigenvalue weighted by atomic mass is 9.90. The van der Waals surface area contributed by atoms with Crippen molar-refractivity contribution >= 4 is 52.6 Å². The highest BCUT2D eigenvalue weighted by Gasteiger charge is 2.24. The van der Waals surface area contributed by atoms with Gasteiger partial charge in [0.15, 0.2) is 0 Å². The summed E-state index contributed by atoms with van der Waals surface area (Å²) in [6.07, 6.45) is 39.3. The van der Waals surface area contributed by atoms with E-state index in [0.717, 1.165) is 48.7 Å². The number of likely N-dealkylation sites (N-methyl/N-ethyl adjacent to an activating group) is 2. The van der Waals surface area contributed by atoms with Crippen LogP contribution < -0.4 is 9.47 Å². The summed E-state index contributed by atoms with van der Waals surface area (Å²) in [5.74, 6) is 4.19. The lowest BCUT2D eigenvalue weighted by Crippen LogP contribution is -2.34. The molecule has 0 heterocycles. The maximum Gasteiger partial charge on any atom is 0.410 e. The van der Waals surface area contributed by atoms with Crippen LogP contribution in [-0.2, 0) is 30.2 Å². The number of carbonyl (C=O) groups excluding carboxylic acids is 3. The first kappa shape index (κ1) is 78.0. The minimum absolute atomic E-state index is 0. The number of rotatable bonds is 21. The minimum Gasteiger partial charge on any atom is -0.493 e. The highest BCUT2D eigenvalue weighted by Crippen LogP contribution is 2.30. The summed E-state index contributed by atoms with van der Waals surface area (Å²) in [6.45, 7) is 29.8. The molecule has 0 saturated heterocycles. The number of hydrogen-bond acceptors (Lipinski definition) is 9. The van der Waals surface area contributed by atoms with Crippen molar-refractivity contribution < 1.29 is 42.8 Å². The van der Waals surface area contributed by atoms with Gasteiger partial charge in [-0.15, -0.1) is 25.6 Å². The third-order valence-corrected chi connectivity index (χ3v) is 15.4. The second-order valence-electron chi connectivity index (χ2n) is 26.4. The van der Waals surface area contributed by atoms with E-state index in [1.165, 1.54) is 158 Å². The Morgan fingerprint density at radius 1 is 0.595 bits per heavy atom. The zero-order valence-corrected chi connectivity index (χ0v) is 57.2. The van der Waals surface area contributed by atoms with E-state index < -0.39 is 11.2 Å². The Morgan fingerprint density at radius 2 is 1.08 bits per heavy atom. The molecule has 11 nitrogen and oxygen atoms in total. The Hall–Kier alpha value is -4.00. The van der Waals surface area contributed by atoms with E-state index >= 15 is 0 Å². The first-order chi connectivity index (χ1) is 39.4. The number of unbranched alkanes of at least 4 members (excludes halogenated alkanes) is 2. The molecule has 0 aromatic heterocycles. The van der Waals surface area contributed by atoms with E-state index in [-0.39, 0.29) is 36.2 Å². The normalized spacial score (nSPS) is 17.7. The molecular weight excluding hydrogens is 1140 g/mol. The summed E-state index contributed by atoms with van der Waals surface area (Å²) in [5.41, 5.74) is 1.24. The second-order valence-corrected chi connectivity index (χ2v) is 27.7. The van der Waals surface area contributed by atoms with Crippen LogP contribution in [0.5, 0.6) is 11.5 Å². The van der Waals surface area contributed by atoms with Gasteiger partial charge in [-0.05, 0) is 199 Å². The topological polar surface area (TPSA) is 113 Å². The number of benzene rings is 2. The van der Waals surface area contributed by atoms with E-state index in [9.17, 15) is 14.4 Å². The minimum atomic E-state index is -0.473. The highest BCUT2D eigenvalue weighted by molar-refractivity contribution is 9.09. The number of carbonyl (C=O) groups is 3. The van der Waals surface area contributed by atoms with E-state index in [0.29, 0.717) is 42.8 Å². The monoisotopic (exact) mass is 1260 g/mol. The fraction of sp³-hybridized carbons (Fsp3) is 0.704. The van der Waals surface area contributed by atoms with Crippen molar-refractivity contribution in [3.8, 4) is 11.5 Å². The number of allylic oxidation sites excluding steroid dienone is 1. The zero-order chi connectivity index (χ0) is 61.5. The van der Waals surface area contributed by atoms with Gasteiger partial charge in [0.05, 0.1) is 19.3 Å². The molecule has 0 spiro atoms. The van der Waals surface area contributed by atoms with Gasteiger partial charge in [0.2, 0.25) is 0 Å². The molecule has 2 aromatic carbocycles. The van der Waals surface area contributed by atoms with Crippen LogP contribution in [-0.4, -0.2) is 103 Å². The molecule has 480 valence electrons. The third kappa shape index (κ3) is 41.2. The van der Waals surface area contributed by atoms with Gasteiger partial charge in [0.25, 0.3) is 0 Å². The molecule has 4 saturated carbocycles. The molecule has 13 heteroatoms. The molecule has 2 unspecified atom stereocenters. The molecule has 4 aliphatic carbocycles. The Balaban J connectivity index is 0.000000544. The van der Waals surface area contributed by atoms with Gasteiger partial charge in [0, 0.05) is 45.0 Å². The Kier molecular flexibility index (Phi) is 41.3. The van der Waals surface area contributed by atoms with Gasteiger partial charge >= 0.3 is 18.2 Å². The average molecular weight is 1260 g/mol. The average Bonchev–Trinajstić information content (AvgIpc) is 3.55. The SMILES string of the molecule is BrC1CCCC(OCC2CCCCC2)C1.C=CCCC(=O)OC(C)(C)C.C=CCN(C)C(=O)OC(C)(C)C.CCCCCc1cccc(OCC2CCCCC2)c1.CN(C/C=C/c1cccc(OCC2CCCCC2)c1)C(=O)OC(C)(C)C.Cl. The molecule has 2 amide bonds. The molecule has 4 fully saturated rings. The van der Waals surface area contributed by atoms with Crippen LogP contribution in [0.15, 0.2) is 79.9 Å². The number of halogens is 2. The summed E-state index contributed by atoms with van der Waals surface area (Å²) in [5, 5.41) is 0. The molecule has 0 N–H and O–H groups in total. The molecule has 4 aliphatic rings. The molecule has 6 rings (SSSR count). The van der Waals surface area contributed by atoms with Gasteiger partial charge in [-0.3, -0.25) is 4.79 Å². The second kappa shape index (κ2) is 44.4. The van der Waals surface area contributed by atoms with Crippen molar-refractivity contribution in [1.29, 1.82) is 0 Å². The highest BCUT2D eigenvalue weighted by atomic mass is 79.9. The lowest BCUT2D eigenvalue weighted by Gasteiger charge is -2.29. The molecule has 2 aromatic rings. The fourth-order valence-corrected chi connectivity index (χ4v) is 10.8. The maximum absolute atomic E-state index is 11.9. The van der Waals surface area contributed by atoms with Gasteiger partial charge in [-0.25, -0.2) is 9.59 Å². The van der Waals surface area contributed by atoms with Crippen molar-refractivity contribution in [1.82, 2.24) is 9.80 Å². The van der Waals surface area contributed by atoms with Crippen molar-refractivity contribution in [2.45, 2.75) is 257 Å². The van der Waals surface area contributed by atoms with Crippen LogP contribution >= 0.6 is 28.3 Å². The molecular formula is C71H118BrClN2O9. The van der Waals surface area contributed by atoms with E-state index in [1.54, 1.807) is 31.1 Å². The van der Waals surface area contributed by atoms with E-state index in [4.69, 9.17) is 28.4 Å². The molecule has 84 heavy (non-hydrogen) atoms. The predicted octanol–water partition coefficient (Wildman–Crippen LogP) is 19.9. The molecule has 0 radical (unpaired) electrons. The van der Waals surface area contributed by atoms with Crippen molar-refractivity contribution in [3.05, 3.63) is 91.0 Å². The van der Waals surface area contributed by atoms with E-state index in [1.807, 2.05) is 98.7 Å². The zero-order valence-electron chi connectivity index (χ0n) is 54.8. The Labute approximate surface area is 527 Å². The van der Waals surface area contributed by atoms with Crippen LogP contribution in [0.2, 0.25) is 0 Å². The van der Waals surface area contributed by atoms with Crippen LogP contribution in [0.1, 0.15) is 234 Å². The Morgan fingerprint density at radius 3 is 1.56 bits per heavy atom. The van der Waals surface area contributed by atoms with Gasteiger partial charge in [-0.1, -0.05) is 142 Å². The first-order valence-corrected chi connectivity index (χ1v) is 33.0. The van der Waals surface area contributed by atoms with Crippen molar-refractivity contribution in [3.63, 3.8) is 0 Å². The van der Waals surface area contributed by atoms with Crippen molar-refractivity contribution in [2.75, 3.05) is 47.0 Å². The van der Waals surface area contributed by atoms with Crippen LogP contribution in [0.25, 0.3) is 6.08 Å². The number of hydrogen-bond donors (Lipinski definition) is 0. The van der Waals surface area contributed by atoms with Crippen LogP contribution in [0.4, 0.5) is 9.59 Å². The molecule has 0 bridgehead atoms. The number of nitrogens with zero attached hydrogens (tertiary/aromatic N) is 2. The number of aryl methyl sites for hydroxylation is 1. The van der Waals surface area contributed by atoms with E-state index in [2.05, 4.69) is 60.3 Å². The van der Waals surface area contributed by atoms with Gasteiger partial charge in [-0.2, -0.15) is 0 Å². The predicted molar refractivity (Wildman–Crippen MR) is 357 cm³/mol. The number of amides is 2. The summed E-state index contributed by atoms with van der Waals surface area (Å²) >= 11 is 3.71. The van der Waals surface area contributed by atoms with Crippen LogP contribution in [0, 0.1) is 17.8 Å². The fourth-order valence-electron chi connectivity index (χ4n) is 10.1. The summed E-state index contributed by atoms with van der Waals surface area (Å²) < 4.78 is 33.5. The number of ether oxygens (including phenoxy) is 6. The quantitative estimate of drug-likeness (QED) is 0.0396. The molecule has 0 aliphatic heterocycles. The van der Waals surface area contributed by atoms with Gasteiger partial charge < -0.3 is 38.2 Å². The number of alkyl halides is 1. The van der Waals surface area contributed by atoms with Gasteiger partial charge in [0.1, 0.15) is 28.3 Å². The summed E-state index contributed by atoms with van der Waals surface area (Å²) in [6, 6.07) is 16.8. The van der Waals surface area contributed by atoms with Crippen molar-refractivity contribution in [2.24, 2.45) is 17.8 Å². The third-order valence-electron chi connectivity index (χ3n) is 14.6. The first-order valence-electron chi connectivity index (χ1n) is 32.1. The summed E-state index contributed by atoms with van der Waals surface area (Å²) in [7, 11) is 3.41. The molecule has 2 atom stereocenters. The standard InChI is InChI=1S/C22H33NO3.C18H28O.C13H23BrO.C9H17NO2.C9H16O2.ClH/c1-22(2,3)26-21(24)23(4)15-9-13-18-12-8-14-20(16-18)25-17-19-10-6-5-7-11-19;1-2-3-5-9-16-12-8-13-18(14-16)19-15-17-10-6-4-7-11-17;14-12-7-4-8-13(9-12)15-10-11-5-2-1-3-6-11;1-6-7-10(5)8(11)12-9(2,3)4;1-5-6-7-8(10)11-9(2,3)4;/h8-9,12-14,16,19H,5-7,10-11,15,17H2,1-4H3;8,12-14,17H,2-7,9-11,15H2,1H3;11-13H,1-10H2;6H,1,7H2,2-5H3;5H,1,6-7H2,2-4H3;1H/b13-9+;;;;;. The van der Waals surface area contributed by atoms with Crippen LogP contribution in [0.3, 0.4) is 0 Å². The lowest BCUT2D eigenvalue weighted by molar-refractivity contribution is -0.154. The smallest absolute Gasteiger partial charge is 0.410 e.